The van der Waals surface area contributed by atoms with Gasteiger partial charge in [0.25, 0.3) is 0 Å². The van der Waals surface area contributed by atoms with Crippen molar-refractivity contribution in [2.24, 2.45) is 17.6 Å². The molecular weight excluding hydrogens is 355 g/mol. The van der Waals surface area contributed by atoms with Crippen LogP contribution in [-0.4, -0.2) is 32.7 Å². The van der Waals surface area contributed by atoms with Crippen LogP contribution in [-0.2, 0) is 14.6 Å². The summed E-state index contributed by atoms with van der Waals surface area (Å²) in [7, 11) is -3.63. The molecule has 136 valence electrons. The van der Waals surface area contributed by atoms with Crippen molar-refractivity contribution in [2.45, 2.75) is 37.1 Å². The molecule has 0 radical (unpaired) electrons. The molecule has 1 saturated carbocycles. The predicted molar refractivity (Wildman–Crippen MR) is 93.2 cm³/mol. The van der Waals surface area contributed by atoms with E-state index in [2.05, 4.69) is 5.32 Å². The summed E-state index contributed by atoms with van der Waals surface area (Å²) in [5, 5.41) is 2.92. The standard InChI is InChI=1S/C16H23FN2O3S.ClH/c1-11(16(20)19-15-4-2-3-12(15)9-18)10-23(21,22)14-7-5-13(17)6-8-14;/h5-8,11-12,15H,2-4,9-10,18H2,1H3,(H,19,20);1H. The summed E-state index contributed by atoms with van der Waals surface area (Å²) in [5.41, 5.74) is 5.69. The summed E-state index contributed by atoms with van der Waals surface area (Å²) >= 11 is 0. The van der Waals surface area contributed by atoms with Crippen LogP contribution in [0.2, 0.25) is 0 Å². The number of amides is 1. The van der Waals surface area contributed by atoms with Crippen LogP contribution in [0.3, 0.4) is 0 Å². The number of nitrogens with two attached hydrogens (primary N) is 1. The summed E-state index contributed by atoms with van der Waals surface area (Å²) in [6.07, 6.45) is 2.89. The first-order chi connectivity index (χ1) is 10.8. The Bertz CT molecular complexity index is 652. The molecule has 3 unspecified atom stereocenters. The second kappa shape index (κ2) is 8.78. The second-order valence-electron chi connectivity index (χ2n) is 6.18. The Kier molecular flexibility index (Phi) is 7.63. The maximum atomic E-state index is 12.9. The monoisotopic (exact) mass is 378 g/mol. The number of rotatable bonds is 6. The van der Waals surface area contributed by atoms with Crippen molar-refractivity contribution in [2.75, 3.05) is 12.3 Å². The third-order valence-electron chi connectivity index (χ3n) is 4.38. The van der Waals surface area contributed by atoms with Crippen LogP contribution in [0.4, 0.5) is 4.39 Å². The normalized spacial score (nSPS) is 21.8. The summed E-state index contributed by atoms with van der Waals surface area (Å²) in [4.78, 5) is 12.3. The number of halogens is 2. The van der Waals surface area contributed by atoms with Gasteiger partial charge in [-0.15, -0.1) is 12.4 Å². The first-order valence-electron chi connectivity index (χ1n) is 7.82. The van der Waals surface area contributed by atoms with Crippen LogP contribution in [0.15, 0.2) is 29.2 Å². The molecule has 1 aliphatic rings. The zero-order chi connectivity index (χ0) is 17.0. The quantitative estimate of drug-likeness (QED) is 0.740. The lowest BCUT2D eigenvalue weighted by Crippen LogP contribution is -2.43. The van der Waals surface area contributed by atoms with Crippen molar-refractivity contribution in [1.29, 1.82) is 0 Å². The van der Waals surface area contributed by atoms with Crippen LogP contribution < -0.4 is 11.1 Å². The highest BCUT2D eigenvalue weighted by Gasteiger charge is 2.30. The van der Waals surface area contributed by atoms with E-state index in [1.807, 2.05) is 0 Å². The third-order valence-corrected chi connectivity index (χ3v) is 6.31. The summed E-state index contributed by atoms with van der Waals surface area (Å²) in [5.74, 6) is -1.49. The Labute approximate surface area is 148 Å². The van der Waals surface area contributed by atoms with E-state index in [0.29, 0.717) is 6.54 Å². The minimum absolute atomic E-state index is 0. The Morgan fingerprint density at radius 3 is 2.54 bits per heavy atom. The van der Waals surface area contributed by atoms with Gasteiger partial charge < -0.3 is 11.1 Å². The van der Waals surface area contributed by atoms with Gasteiger partial charge in [-0.25, -0.2) is 12.8 Å². The lowest BCUT2D eigenvalue weighted by Gasteiger charge is -2.21. The van der Waals surface area contributed by atoms with Crippen molar-refractivity contribution in [3.8, 4) is 0 Å². The molecular formula is C16H24ClFN2O3S. The smallest absolute Gasteiger partial charge is 0.224 e. The highest BCUT2D eigenvalue weighted by molar-refractivity contribution is 7.91. The maximum Gasteiger partial charge on any atom is 0.224 e. The zero-order valence-corrected chi connectivity index (χ0v) is 15.2. The van der Waals surface area contributed by atoms with Crippen LogP contribution in [0.5, 0.6) is 0 Å². The van der Waals surface area contributed by atoms with Gasteiger partial charge in [0.05, 0.1) is 10.6 Å². The number of hydrogen-bond acceptors (Lipinski definition) is 4. The van der Waals surface area contributed by atoms with Gasteiger partial charge >= 0.3 is 0 Å². The van der Waals surface area contributed by atoms with E-state index in [1.54, 1.807) is 6.92 Å². The minimum Gasteiger partial charge on any atom is -0.353 e. The molecule has 3 N–H and O–H groups in total. The van der Waals surface area contributed by atoms with Gasteiger partial charge in [-0.3, -0.25) is 4.79 Å². The fourth-order valence-electron chi connectivity index (χ4n) is 2.98. The molecule has 0 spiro atoms. The number of carbonyl (C=O) groups excluding carboxylic acids is 1. The van der Waals surface area contributed by atoms with E-state index in [-0.39, 0.29) is 40.9 Å². The Balaban J connectivity index is 0.00000288. The molecule has 0 aromatic heterocycles. The Hall–Kier alpha value is -1.18. The highest BCUT2D eigenvalue weighted by atomic mass is 35.5. The van der Waals surface area contributed by atoms with Gasteiger partial charge in [0.2, 0.25) is 5.91 Å². The molecule has 8 heteroatoms. The van der Waals surface area contributed by atoms with Crippen molar-refractivity contribution >= 4 is 28.2 Å². The summed E-state index contributed by atoms with van der Waals surface area (Å²) in [6, 6.07) is 4.67. The summed E-state index contributed by atoms with van der Waals surface area (Å²) in [6.45, 7) is 2.11. The maximum absolute atomic E-state index is 12.9. The molecule has 1 amide bonds. The molecule has 0 saturated heterocycles. The van der Waals surface area contributed by atoms with Crippen molar-refractivity contribution in [1.82, 2.24) is 5.32 Å². The fourth-order valence-corrected chi connectivity index (χ4v) is 4.53. The number of sulfone groups is 1. The fraction of sp³-hybridized carbons (Fsp3) is 0.562. The van der Waals surface area contributed by atoms with E-state index < -0.39 is 21.6 Å². The van der Waals surface area contributed by atoms with Gasteiger partial charge in [-0.05, 0) is 49.6 Å². The van der Waals surface area contributed by atoms with Crippen LogP contribution in [0.25, 0.3) is 0 Å². The molecule has 24 heavy (non-hydrogen) atoms. The van der Waals surface area contributed by atoms with Gasteiger partial charge in [0.1, 0.15) is 5.82 Å². The third kappa shape index (κ3) is 5.16. The molecule has 1 fully saturated rings. The minimum atomic E-state index is -3.63. The molecule has 0 bridgehead atoms. The largest absolute Gasteiger partial charge is 0.353 e. The Morgan fingerprint density at radius 1 is 1.33 bits per heavy atom. The molecule has 1 aliphatic carbocycles. The van der Waals surface area contributed by atoms with E-state index >= 15 is 0 Å². The lowest BCUT2D eigenvalue weighted by atomic mass is 10.0. The first-order valence-corrected chi connectivity index (χ1v) is 9.47. The first kappa shape index (κ1) is 20.9. The Morgan fingerprint density at radius 2 is 1.96 bits per heavy atom. The molecule has 1 aromatic carbocycles. The van der Waals surface area contributed by atoms with Gasteiger partial charge in [-0.2, -0.15) is 0 Å². The van der Waals surface area contributed by atoms with Crippen LogP contribution in [0.1, 0.15) is 26.2 Å². The van der Waals surface area contributed by atoms with E-state index in [1.165, 1.54) is 12.1 Å². The zero-order valence-electron chi connectivity index (χ0n) is 13.6. The second-order valence-corrected chi connectivity index (χ2v) is 8.21. The van der Waals surface area contributed by atoms with Crippen molar-refractivity contribution in [3.63, 3.8) is 0 Å². The molecule has 0 aliphatic heterocycles. The number of hydrogen-bond donors (Lipinski definition) is 2. The lowest BCUT2D eigenvalue weighted by molar-refractivity contribution is -0.124. The van der Waals surface area contributed by atoms with Crippen molar-refractivity contribution in [3.05, 3.63) is 30.1 Å². The molecule has 1 aromatic rings. The average molecular weight is 379 g/mol. The molecule has 0 heterocycles. The molecule has 5 nitrogen and oxygen atoms in total. The van der Waals surface area contributed by atoms with E-state index in [4.69, 9.17) is 5.73 Å². The van der Waals surface area contributed by atoms with E-state index in [0.717, 1.165) is 31.4 Å². The predicted octanol–water partition coefficient (Wildman–Crippen LogP) is 1.90. The average Bonchev–Trinajstić information content (AvgIpc) is 2.94. The van der Waals surface area contributed by atoms with Crippen LogP contribution >= 0.6 is 12.4 Å². The van der Waals surface area contributed by atoms with Crippen molar-refractivity contribution < 1.29 is 17.6 Å². The van der Waals surface area contributed by atoms with Crippen LogP contribution in [0, 0.1) is 17.7 Å². The van der Waals surface area contributed by atoms with E-state index in [9.17, 15) is 17.6 Å². The SMILES string of the molecule is CC(CS(=O)(=O)c1ccc(F)cc1)C(=O)NC1CCCC1CN.Cl. The van der Waals surface area contributed by atoms with Gasteiger partial charge in [0.15, 0.2) is 9.84 Å². The summed E-state index contributed by atoms with van der Waals surface area (Å²) < 4.78 is 37.5. The molecule has 2 rings (SSSR count). The number of nitrogens with one attached hydrogen (secondary N) is 1. The van der Waals surface area contributed by atoms with Gasteiger partial charge in [-0.1, -0.05) is 13.3 Å². The van der Waals surface area contributed by atoms with Gasteiger partial charge in [0, 0.05) is 12.0 Å². The molecule has 3 atom stereocenters. The number of carbonyl (C=O) groups is 1. The highest BCUT2D eigenvalue weighted by Crippen LogP contribution is 2.25. The topological polar surface area (TPSA) is 89.3 Å². The number of benzene rings is 1.